The molecule has 0 saturated heterocycles. The standard InChI is InChI=1S/C18H23N3O3/c1-3-21(4-2)18(23)14-7-9-15(10-8-14)19-13-17(22)20-12-16-6-5-11-24-16/h5-11,19H,3-4,12-13H2,1-2H3,(H,20,22). The first-order valence-corrected chi connectivity index (χ1v) is 8.06. The van der Waals surface area contributed by atoms with Crippen LogP contribution in [-0.2, 0) is 11.3 Å². The van der Waals surface area contributed by atoms with Crippen LogP contribution < -0.4 is 10.6 Å². The van der Waals surface area contributed by atoms with E-state index < -0.39 is 0 Å². The van der Waals surface area contributed by atoms with Gasteiger partial charge in [-0.2, -0.15) is 0 Å². The average Bonchev–Trinajstić information content (AvgIpc) is 3.13. The van der Waals surface area contributed by atoms with Crippen LogP contribution in [0.2, 0.25) is 0 Å². The Morgan fingerprint density at radius 3 is 2.38 bits per heavy atom. The molecule has 128 valence electrons. The fraction of sp³-hybridized carbons (Fsp3) is 0.333. The monoisotopic (exact) mass is 329 g/mol. The summed E-state index contributed by atoms with van der Waals surface area (Å²) in [7, 11) is 0. The van der Waals surface area contributed by atoms with Gasteiger partial charge in [0.25, 0.3) is 5.91 Å². The van der Waals surface area contributed by atoms with Crippen molar-refractivity contribution in [3.8, 4) is 0 Å². The third kappa shape index (κ3) is 4.87. The number of hydrogen-bond acceptors (Lipinski definition) is 4. The van der Waals surface area contributed by atoms with Crippen LogP contribution in [0.5, 0.6) is 0 Å². The molecule has 1 aromatic carbocycles. The quantitative estimate of drug-likeness (QED) is 0.780. The van der Waals surface area contributed by atoms with E-state index in [4.69, 9.17) is 4.42 Å². The van der Waals surface area contributed by atoms with Gasteiger partial charge in [-0.05, 0) is 50.2 Å². The summed E-state index contributed by atoms with van der Waals surface area (Å²) in [5, 5.41) is 5.79. The van der Waals surface area contributed by atoms with E-state index in [2.05, 4.69) is 10.6 Å². The molecule has 0 atom stereocenters. The highest BCUT2D eigenvalue weighted by atomic mass is 16.3. The zero-order valence-electron chi connectivity index (χ0n) is 14.0. The first-order valence-electron chi connectivity index (χ1n) is 8.06. The molecule has 24 heavy (non-hydrogen) atoms. The van der Waals surface area contributed by atoms with Gasteiger partial charge in [0.05, 0.1) is 19.4 Å². The minimum atomic E-state index is -0.130. The lowest BCUT2D eigenvalue weighted by Gasteiger charge is -2.18. The minimum Gasteiger partial charge on any atom is -0.467 e. The molecule has 0 bridgehead atoms. The molecule has 1 heterocycles. The van der Waals surface area contributed by atoms with Crippen LogP contribution in [0.4, 0.5) is 5.69 Å². The smallest absolute Gasteiger partial charge is 0.253 e. The summed E-state index contributed by atoms with van der Waals surface area (Å²) in [5.41, 5.74) is 1.44. The number of hydrogen-bond donors (Lipinski definition) is 2. The van der Waals surface area contributed by atoms with Gasteiger partial charge in [0.1, 0.15) is 5.76 Å². The van der Waals surface area contributed by atoms with Crippen molar-refractivity contribution in [1.82, 2.24) is 10.2 Å². The summed E-state index contributed by atoms with van der Waals surface area (Å²) in [6.45, 7) is 5.81. The van der Waals surface area contributed by atoms with E-state index in [1.54, 1.807) is 47.6 Å². The summed E-state index contributed by atoms with van der Waals surface area (Å²) >= 11 is 0. The molecule has 6 heteroatoms. The predicted molar refractivity (Wildman–Crippen MR) is 92.7 cm³/mol. The van der Waals surface area contributed by atoms with E-state index in [1.807, 2.05) is 13.8 Å². The van der Waals surface area contributed by atoms with Gasteiger partial charge in [-0.3, -0.25) is 9.59 Å². The molecular weight excluding hydrogens is 306 g/mol. The van der Waals surface area contributed by atoms with Crippen molar-refractivity contribution in [3.63, 3.8) is 0 Å². The Balaban J connectivity index is 1.81. The molecule has 0 radical (unpaired) electrons. The summed E-state index contributed by atoms with van der Waals surface area (Å²) in [6.07, 6.45) is 1.57. The zero-order chi connectivity index (χ0) is 17.4. The summed E-state index contributed by atoms with van der Waals surface area (Å²) < 4.78 is 5.15. The Hall–Kier alpha value is -2.76. The third-order valence-corrected chi connectivity index (χ3v) is 3.68. The lowest BCUT2D eigenvalue weighted by Crippen LogP contribution is -2.30. The fourth-order valence-electron chi connectivity index (χ4n) is 2.27. The van der Waals surface area contributed by atoms with Crippen LogP contribution in [0, 0.1) is 0 Å². The van der Waals surface area contributed by atoms with Crippen LogP contribution >= 0.6 is 0 Å². The molecule has 2 amide bonds. The van der Waals surface area contributed by atoms with Crippen LogP contribution in [0.1, 0.15) is 30.0 Å². The van der Waals surface area contributed by atoms with E-state index in [1.165, 1.54) is 0 Å². The summed E-state index contributed by atoms with van der Waals surface area (Å²) in [5.74, 6) is 0.597. The Kier molecular flexibility index (Phi) is 6.42. The first-order chi connectivity index (χ1) is 11.6. The molecule has 1 aromatic heterocycles. The Morgan fingerprint density at radius 1 is 1.08 bits per heavy atom. The lowest BCUT2D eigenvalue weighted by atomic mass is 10.2. The molecule has 0 aliphatic rings. The Morgan fingerprint density at radius 2 is 1.79 bits per heavy atom. The van der Waals surface area contributed by atoms with Crippen molar-refractivity contribution in [2.45, 2.75) is 20.4 Å². The van der Waals surface area contributed by atoms with Crippen molar-refractivity contribution >= 4 is 17.5 Å². The topological polar surface area (TPSA) is 74.6 Å². The molecule has 0 fully saturated rings. The highest BCUT2D eigenvalue weighted by Crippen LogP contribution is 2.11. The molecule has 0 spiro atoms. The van der Waals surface area contributed by atoms with Crippen LogP contribution in [0.25, 0.3) is 0 Å². The van der Waals surface area contributed by atoms with Gasteiger partial charge >= 0.3 is 0 Å². The van der Waals surface area contributed by atoms with Crippen molar-refractivity contribution in [3.05, 3.63) is 54.0 Å². The van der Waals surface area contributed by atoms with Gasteiger partial charge < -0.3 is 20.0 Å². The first kappa shape index (κ1) is 17.6. The van der Waals surface area contributed by atoms with Gasteiger partial charge in [0, 0.05) is 24.3 Å². The maximum Gasteiger partial charge on any atom is 0.253 e. The van der Waals surface area contributed by atoms with Gasteiger partial charge in [0.15, 0.2) is 0 Å². The molecule has 0 aliphatic heterocycles. The SMILES string of the molecule is CCN(CC)C(=O)c1ccc(NCC(=O)NCc2ccco2)cc1. The largest absolute Gasteiger partial charge is 0.467 e. The number of benzene rings is 1. The van der Waals surface area contributed by atoms with Crippen LogP contribution in [0.3, 0.4) is 0 Å². The number of nitrogens with zero attached hydrogens (tertiary/aromatic N) is 1. The number of anilines is 1. The van der Waals surface area contributed by atoms with Gasteiger partial charge in [0.2, 0.25) is 5.91 Å². The van der Waals surface area contributed by atoms with E-state index in [0.717, 1.165) is 5.69 Å². The number of amides is 2. The second kappa shape index (κ2) is 8.76. The van der Waals surface area contributed by atoms with E-state index in [0.29, 0.717) is 31.0 Å². The molecule has 6 nitrogen and oxygen atoms in total. The van der Waals surface area contributed by atoms with Crippen LogP contribution in [0.15, 0.2) is 47.1 Å². The number of carbonyl (C=O) groups is 2. The van der Waals surface area contributed by atoms with E-state index in [9.17, 15) is 9.59 Å². The highest BCUT2D eigenvalue weighted by Gasteiger charge is 2.12. The predicted octanol–water partition coefficient (Wildman–Crippen LogP) is 2.49. The number of furan rings is 1. The Labute approximate surface area is 141 Å². The number of carbonyl (C=O) groups excluding carboxylic acids is 2. The van der Waals surface area contributed by atoms with Crippen LogP contribution in [-0.4, -0.2) is 36.3 Å². The van der Waals surface area contributed by atoms with Gasteiger partial charge in [-0.1, -0.05) is 0 Å². The molecule has 2 rings (SSSR count). The molecule has 2 N–H and O–H groups in total. The molecule has 2 aromatic rings. The summed E-state index contributed by atoms with van der Waals surface area (Å²) in [6, 6.07) is 10.7. The minimum absolute atomic E-state index is 0.0164. The normalized spacial score (nSPS) is 10.2. The maximum atomic E-state index is 12.2. The fourth-order valence-corrected chi connectivity index (χ4v) is 2.27. The van der Waals surface area contributed by atoms with E-state index >= 15 is 0 Å². The maximum absolute atomic E-state index is 12.2. The lowest BCUT2D eigenvalue weighted by molar-refractivity contribution is -0.119. The van der Waals surface area contributed by atoms with Crippen molar-refractivity contribution in [1.29, 1.82) is 0 Å². The summed E-state index contributed by atoms with van der Waals surface area (Å²) in [4.78, 5) is 25.8. The average molecular weight is 329 g/mol. The van der Waals surface area contributed by atoms with Crippen molar-refractivity contribution < 1.29 is 14.0 Å². The second-order valence-electron chi connectivity index (χ2n) is 5.26. The van der Waals surface area contributed by atoms with Gasteiger partial charge in [-0.15, -0.1) is 0 Å². The number of nitrogens with one attached hydrogen (secondary N) is 2. The molecule has 0 unspecified atom stereocenters. The van der Waals surface area contributed by atoms with Gasteiger partial charge in [-0.25, -0.2) is 0 Å². The third-order valence-electron chi connectivity index (χ3n) is 3.68. The molecular formula is C18H23N3O3. The molecule has 0 saturated carbocycles. The van der Waals surface area contributed by atoms with Crippen molar-refractivity contribution in [2.75, 3.05) is 25.0 Å². The highest BCUT2D eigenvalue weighted by molar-refractivity contribution is 5.94. The Bertz CT molecular complexity index is 647. The zero-order valence-corrected chi connectivity index (χ0v) is 14.0. The van der Waals surface area contributed by atoms with Crippen molar-refractivity contribution in [2.24, 2.45) is 0 Å². The molecule has 0 aliphatic carbocycles. The second-order valence-corrected chi connectivity index (χ2v) is 5.26. The van der Waals surface area contributed by atoms with E-state index in [-0.39, 0.29) is 18.4 Å². The number of rotatable bonds is 8.